The number of hydrogen-bond acceptors (Lipinski definition) is 15. The fraction of sp³-hybridized carbons (Fsp3) is 0.385. The van der Waals surface area contributed by atoms with Gasteiger partial charge in [-0.3, -0.25) is 9.59 Å². The normalized spacial score (nSPS) is 14.2. The van der Waals surface area contributed by atoms with Crippen LogP contribution in [0.25, 0.3) is 0 Å². The van der Waals surface area contributed by atoms with Crippen LogP contribution in [-0.4, -0.2) is 144 Å². The van der Waals surface area contributed by atoms with Gasteiger partial charge in [0.2, 0.25) is 23.8 Å². The van der Waals surface area contributed by atoms with Gasteiger partial charge in [0.15, 0.2) is 13.2 Å². The molecule has 0 aliphatic heterocycles. The standard InChI is InChI=1S/C26H29ClF3N7O2.C21H16Cl2F3N5O2.C5H15N2/c1-37(2,3)15-14-31-21(38)17-4-10-20(11-5-17)32-22-33-23(35-24(34-22)39-16-26(28,29)30)36-25(12-13-25)18-6-8-19(27)9-7-18;22-14-5-3-13(4-6-14)20(9-10-20)31-18-28-17(29-19(30-18)33-11-21(24,25)26)27-15-7-1-12(2-8-15)16(23)32;1-7(2,3)5-4-6/h4-11H,12-16H2,1-3H3,(H2-,31,32,33,34,35,36,38);1-8H,9-11H2,(H2,27,28,29,30,31);4-6H2,1-3H3/q;;+1/p+1. The highest BCUT2D eigenvalue weighted by atomic mass is 35.5. The fourth-order valence-electron chi connectivity index (χ4n) is 7.19. The van der Waals surface area contributed by atoms with Crippen LogP contribution in [0.2, 0.25) is 10.0 Å². The number of nitrogens with zero attached hydrogens (tertiary/aromatic N) is 8. The van der Waals surface area contributed by atoms with Crippen LogP contribution >= 0.6 is 34.8 Å². The first kappa shape index (κ1) is 61.4. The van der Waals surface area contributed by atoms with Crippen molar-refractivity contribution in [2.24, 2.45) is 5.73 Å². The lowest BCUT2D eigenvalue weighted by Gasteiger charge is -2.23. The number of nitrogens with two attached hydrogens (primary N) is 1. The van der Waals surface area contributed by atoms with E-state index < -0.39 is 53.9 Å². The van der Waals surface area contributed by atoms with Crippen LogP contribution < -0.4 is 41.8 Å². The molecule has 79 heavy (non-hydrogen) atoms. The Morgan fingerprint density at radius 3 is 1.24 bits per heavy atom. The number of rotatable bonds is 21. The summed E-state index contributed by atoms with van der Waals surface area (Å²) in [6.45, 7) is 0.0464. The molecule has 2 heterocycles. The summed E-state index contributed by atoms with van der Waals surface area (Å²) in [6.07, 6.45) is -6.01. The average molecular weight is 1170 g/mol. The van der Waals surface area contributed by atoms with Crippen LogP contribution in [0.5, 0.6) is 12.0 Å². The lowest BCUT2D eigenvalue weighted by Crippen LogP contribution is -2.41. The van der Waals surface area contributed by atoms with Crippen LogP contribution in [-0.2, 0) is 11.1 Å². The summed E-state index contributed by atoms with van der Waals surface area (Å²) in [4.78, 5) is 48.2. The maximum absolute atomic E-state index is 12.8. The molecule has 2 aliphatic rings. The molecular weight excluding hydrogens is 1110 g/mol. The average Bonchev–Trinajstić information content (AvgIpc) is 4.35. The summed E-state index contributed by atoms with van der Waals surface area (Å²) in [5.41, 5.74) is 8.02. The summed E-state index contributed by atoms with van der Waals surface area (Å²) in [5, 5.41) is 15.7. The molecular formula is C52H61Cl3F6N14O4+2. The summed E-state index contributed by atoms with van der Waals surface area (Å²) >= 11 is 17.4. The molecule has 2 aromatic heterocycles. The number of anilines is 6. The third-order valence-electron chi connectivity index (χ3n) is 11.6. The molecule has 0 bridgehead atoms. The number of carbonyl (C=O) groups is 2. The lowest BCUT2D eigenvalue weighted by molar-refractivity contribution is -0.869. The predicted octanol–water partition coefficient (Wildman–Crippen LogP) is 10.1. The van der Waals surface area contributed by atoms with E-state index in [1.807, 2.05) is 45.4 Å². The van der Waals surface area contributed by atoms with Gasteiger partial charge in [0.25, 0.3) is 11.1 Å². The zero-order valence-corrected chi connectivity index (χ0v) is 46.3. The Morgan fingerprint density at radius 1 is 0.557 bits per heavy atom. The molecule has 1 amide bonds. The number of amides is 1. The first-order valence-corrected chi connectivity index (χ1v) is 25.6. The minimum atomic E-state index is -4.56. The van der Waals surface area contributed by atoms with Crippen molar-refractivity contribution >= 4 is 81.1 Å². The topological polar surface area (TPSA) is 216 Å². The molecule has 27 heteroatoms. The molecule has 0 radical (unpaired) electrons. The van der Waals surface area contributed by atoms with E-state index in [2.05, 4.69) is 77.6 Å². The molecule has 4 aromatic carbocycles. The maximum atomic E-state index is 12.8. The van der Waals surface area contributed by atoms with Crippen molar-refractivity contribution in [2.45, 2.75) is 49.1 Å². The van der Waals surface area contributed by atoms with Gasteiger partial charge in [0.05, 0.1) is 73.0 Å². The first-order chi connectivity index (χ1) is 37.0. The highest BCUT2D eigenvalue weighted by Gasteiger charge is 2.46. The number of hydrogen-bond donors (Lipinski definition) is 6. The van der Waals surface area contributed by atoms with Crippen molar-refractivity contribution in [3.8, 4) is 12.0 Å². The van der Waals surface area contributed by atoms with Gasteiger partial charge in [-0.1, -0.05) is 47.5 Å². The molecule has 8 rings (SSSR count). The van der Waals surface area contributed by atoms with Gasteiger partial charge in [-0.25, -0.2) is 0 Å². The minimum Gasteiger partial charge on any atom is -0.454 e. The van der Waals surface area contributed by atoms with E-state index in [4.69, 9.17) is 50.0 Å². The van der Waals surface area contributed by atoms with Crippen LogP contribution in [0.4, 0.5) is 61.5 Å². The van der Waals surface area contributed by atoms with Gasteiger partial charge in [-0.05, 0) is 121 Å². The number of likely N-dealkylation sites (N-methyl/N-ethyl adjacent to an activating group) is 2. The largest absolute Gasteiger partial charge is 0.454 e. The van der Waals surface area contributed by atoms with Crippen molar-refractivity contribution in [2.75, 3.05) is 103 Å². The third-order valence-corrected chi connectivity index (χ3v) is 12.3. The van der Waals surface area contributed by atoms with Gasteiger partial charge in [-0.15, -0.1) is 0 Å². The molecule has 2 aliphatic carbocycles. The Kier molecular flexibility index (Phi) is 20.2. The van der Waals surface area contributed by atoms with Crippen molar-refractivity contribution in [1.82, 2.24) is 35.2 Å². The van der Waals surface area contributed by atoms with Crippen LogP contribution in [0.1, 0.15) is 57.5 Å². The second-order valence-corrected chi connectivity index (χ2v) is 21.7. The van der Waals surface area contributed by atoms with E-state index in [0.29, 0.717) is 33.5 Å². The molecule has 7 N–H and O–H groups in total. The van der Waals surface area contributed by atoms with E-state index in [1.165, 1.54) is 12.1 Å². The second kappa shape index (κ2) is 26.0. The smallest absolute Gasteiger partial charge is 0.422 e. The molecule has 6 aromatic rings. The van der Waals surface area contributed by atoms with E-state index in [-0.39, 0.29) is 35.3 Å². The molecule has 0 saturated heterocycles. The number of nitrogens with one attached hydrogen (secondary N) is 5. The third kappa shape index (κ3) is 20.7. The molecule has 18 nitrogen and oxygen atoms in total. The summed E-state index contributed by atoms with van der Waals surface area (Å²) in [6, 6.07) is 26.2. The Morgan fingerprint density at radius 2 is 0.924 bits per heavy atom. The molecule has 2 saturated carbocycles. The number of carbonyl (C=O) groups excluding carboxylic acids is 2. The monoisotopic (exact) mass is 1160 g/mol. The zero-order chi connectivity index (χ0) is 57.8. The Hall–Kier alpha value is -6.83. The number of halogens is 9. The minimum absolute atomic E-state index is 0.0169. The van der Waals surface area contributed by atoms with E-state index in [9.17, 15) is 35.9 Å². The highest BCUT2D eigenvalue weighted by Crippen LogP contribution is 2.49. The first-order valence-electron chi connectivity index (χ1n) is 24.5. The van der Waals surface area contributed by atoms with Crippen LogP contribution in [0.15, 0.2) is 97.1 Å². The summed E-state index contributed by atoms with van der Waals surface area (Å²) in [7, 11) is 12.5. The Bertz CT molecular complexity index is 2980. The highest BCUT2D eigenvalue weighted by molar-refractivity contribution is 6.67. The van der Waals surface area contributed by atoms with Gasteiger partial charge in [-0.2, -0.15) is 56.2 Å². The number of benzene rings is 4. The quantitative estimate of drug-likeness (QED) is 0.0225. The van der Waals surface area contributed by atoms with Gasteiger partial charge < -0.3 is 50.8 Å². The molecule has 424 valence electrons. The predicted molar refractivity (Wildman–Crippen MR) is 292 cm³/mol. The SMILES string of the molecule is C[N+](C)(C)CCN.C[N+](C)(C)CCNC(=O)c1ccc(Nc2nc(NC3(c4ccc(Cl)cc4)CC3)nc(OCC(F)(F)F)n2)cc1.O=C(Cl)c1ccc(Nc2nc(NC3(c4ccc(Cl)cc4)CC3)nc(OCC(F)(F)F)n2)cc1. The van der Waals surface area contributed by atoms with E-state index in [1.54, 1.807) is 60.7 Å². The van der Waals surface area contributed by atoms with E-state index in [0.717, 1.165) is 65.4 Å². The Labute approximate surface area is 468 Å². The number of alkyl halides is 6. The maximum Gasteiger partial charge on any atom is 0.422 e. The van der Waals surface area contributed by atoms with Crippen molar-refractivity contribution in [3.63, 3.8) is 0 Å². The molecule has 2 fully saturated rings. The number of quaternary nitrogens is 2. The molecule has 0 unspecified atom stereocenters. The zero-order valence-electron chi connectivity index (χ0n) is 44.0. The van der Waals surface area contributed by atoms with E-state index >= 15 is 0 Å². The van der Waals surface area contributed by atoms with Crippen LogP contribution in [0, 0.1) is 0 Å². The van der Waals surface area contributed by atoms with Crippen LogP contribution in [0.3, 0.4) is 0 Å². The van der Waals surface area contributed by atoms with Crippen molar-refractivity contribution < 1.29 is 54.4 Å². The fourth-order valence-corrected chi connectivity index (χ4v) is 7.57. The molecule has 0 atom stereocenters. The summed E-state index contributed by atoms with van der Waals surface area (Å²) in [5.74, 6) is -0.158. The van der Waals surface area contributed by atoms with Gasteiger partial charge >= 0.3 is 24.4 Å². The van der Waals surface area contributed by atoms with Crippen molar-refractivity contribution in [3.05, 3.63) is 129 Å². The summed E-state index contributed by atoms with van der Waals surface area (Å²) < 4.78 is 87.6. The lowest BCUT2D eigenvalue weighted by atomic mass is 10.1. The molecule has 0 spiro atoms. The Balaban J connectivity index is 0.000000230. The van der Waals surface area contributed by atoms with Gasteiger partial charge in [0.1, 0.15) is 0 Å². The van der Waals surface area contributed by atoms with Gasteiger partial charge in [0, 0.05) is 39.1 Å². The number of ether oxygens (including phenoxy) is 2. The van der Waals surface area contributed by atoms with Crippen molar-refractivity contribution in [1.29, 1.82) is 0 Å². The second-order valence-electron chi connectivity index (χ2n) is 20.5. The number of aromatic nitrogens is 6.